The third-order valence-corrected chi connectivity index (χ3v) is 3.40. The zero-order valence-corrected chi connectivity index (χ0v) is 13.1. The lowest BCUT2D eigenvalue weighted by molar-refractivity contribution is 0.0954. The third-order valence-electron chi connectivity index (χ3n) is 2.97. The number of amides is 1. The SMILES string of the molecule is CNc1ncc(Br)cc1C(=O)NCCc1ccc(O)cc1. The average molecular weight is 350 g/mol. The van der Waals surface area contributed by atoms with E-state index >= 15 is 0 Å². The molecule has 0 saturated carbocycles. The highest BCUT2D eigenvalue weighted by atomic mass is 79.9. The van der Waals surface area contributed by atoms with Crippen LogP contribution in [0, 0.1) is 0 Å². The summed E-state index contributed by atoms with van der Waals surface area (Å²) in [5.74, 6) is 0.605. The summed E-state index contributed by atoms with van der Waals surface area (Å²) in [6, 6.07) is 8.67. The molecular formula is C15H16BrN3O2. The fourth-order valence-electron chi connectivity index (χ4n) is 1.89. The Kier molecular flexibility index (Phi) is 5.16. The number of pyridine rings is 1. The molecule has 21 heavy (non-hydrogen) atoms. The number of phenols is 1. The van der Waals surface area contributed by atoms with Crippen LogP contribution in [0.15, 0.2) is 41.0 Å². The molecule has 1 aromatic carbocycles. The van der Waals surface area contributed by atoms with Gasteiger partial charge in [0.05, 0.1) is 5.56 Å². The number of aromatic hydroxyl groups is 1. The van der Waals surface area contributed by atoms with E-state index in [-0.39, 0.29) is 11.7 Å². The lowest BCUT2D eigenvalue weighted by Crippen LogP contribution is -2.26. The summed E-state index contributed by atoms with van der Waals surface area (Å²) in [7, 11) is 1.73. The van der Waals surface area contributed by atoms with Gasteiger partial charge in [-0.05, 0) is 46.1 Å². The standard InChI is InChI=1S/C15H16BrN3O2/c1-17-14-13(8-11(16)9-19-14)15(21)18-7-6-10-2-4-12(20)5-3-10/h2-5,8-9,20H,6-7H2,1H3,(H,17,19)(H,18,21). The van der Waals surface area contributed by atoms with E-state index < -0.39 is 0 Å². The van der Waals surface area contributed by atoms with Crippen molar-refractivity contribution in [3.63, 3.8) is 0 Å². The molecule has 0 aliphatic carbocycles. The zero-order valence-electron chi connectivity index (χ0n) is 11.6. The molecule has 0 spiro atoms. The van der Waals surface area contributed by atoms with E-state index in [2.05, 4.69) is 31.5 Å². The predicted octanol–water partition coefficient (Wildman–Crippen LogP) is 2.56. The first-order chi connectivity index (χ1) is 10.1. The Bertz CT molecular complexity index is 629. The fourth-order valence-corrected chi connectivity index (χ4v) is 2.22. The first-order valence-corrected chi connectivity index (χ1v) is 7.29. The summed E-state index contributed by atoms with van der Waals surface area (Å²) in [6.07, 6.45) is 2.33. The van der Waals surface area contributed by atoms with E-state index in [9.17, 15) is 9.90 Å². The van der Waals surface area contributed by atoms with Gasteiger partial charge in [-0.25, -0.2) is 4.98 Å². The molecular weight excluding hydrogens is 334 g/mol. The molecule has 110 valence electrons. The topological polar surface area (TPSA) is 74.2 Å². The molecule has 0 unspecified atom stereocenters. The molecule has 0 radical (unpaired) electrons. The van der Waals surface area contributed by atoms with Crippen LogP contribution < -0.4 is 10.6 Å². The molecule has 0 fully saturated rings. The molecule has 5 nitrogen and oxygen atoms in total. The van der Waals surface area contributed by atoms with Gasteiger partial charge in [-0.1, -0.05) is 12.1 Å². The number of phenolic OH excluding ortho intramolecular Hbond substituents is 1. The van der Waals surface area contributed by atoms with Crippen molar-refractivity contribution in [1.82, 2.24) is 10.3 Å². The summed E-state index contributed by atoms with van der Waals surface area (Å²) >= 11 is 3.31. The number of benzene rings is 1. The second-order valence-corrected chi connectivity index (χ2v) is 5.39. The van der Waals surface area contributed by atoms with E-state index in [1.165, 1.54) is 0 Å². The highest BCUT2D eigenvalue weighted by Crippen LogP contribution is 2.17. The molecule has 1 heterocycles. The van der Waals surface area contributed by atoms with Gasteiger partial charge < -0.3 is 15.7 Å². The van der Waals surface area contributed by atoms with Crippen LogP contribution in [-0.4, -0.2) is 29.6 Å². The fraction of sp³-hybridized carbons (Fsp3) is 0.200. The maximum absolute atomic E-state index is 12.2. The lowest BCUT2D eigenvalue weighted by Gasteiger charge is -2.09. The average Bonchev–Trinajstić information content (AvgIpc) is 2.49. The van der Waals surface area contributed by atoms with Crippen LogP contribution in [0.5, 0.6) is 5.75 Å². The Morgan fingerprint density at radius 3 is 2.71 bits per heavy atom. The first-order valence-electron chi connectivity index (χ1n) is 6.49. The zero-order chi connectivity index (χ0) is 15.2. The molecule has 0 aliphatic rings. The number of carbonyl (C=O) groups is 1. The molecule has 3 N–H and O–H groups in total. The quantitative estimate of drug-likeness (QED) is 0.775. The smallest absolute Gasteiger partial charge is 0.255 e. The largest absolute Gasteiger partial charge is 0.508 e. The van der Waals surface area contributed by atoms with Crippen molar-refractivity contribution in [2.45, 2.75) is 6.42 Å². The van der Waals surface area contributed by atoms with Crippen LogP contribution in [-0.2, 0) is 6.42 Å². The number of nitrogens with zero attached hydrogens (tertiary/aromatic N) is 1. The van der Waals surface area contributed by atoms with Gasteiger partial charge in [0.1, 0.15) is 11.6 Å². The van der Waals surface area contributed by atoms with Gasteiger partial charge in [0.25, 0.3) is 5.91 Å². The van der Waals surface area contributed by atoms with E-state index in [4.69, 9.17) is 0 Å². The van der Waals surface area contributed by atoms with E-state index in [0.717, 1.165) is 10.0 Å². The van der Waals surface area contributed by atoms with Gasteiger partial charge in [0.15, 0.2) is 0 Å². The maximum atomic E-state index is 12.2. The number of carbonyl (C=O) groups excluding carboxylic acids is 1. The molecule has 0 bridgehead atoms. The molecule has 0 saturated heterocycles. The Morgan fingerprint density at radius 2 is 2.05 bits per heavy atom. The Labute approximate surface area is 131 Å². The van der Waals surface area contributed by atoms with Crippen molar-refractivity contribution >= 4 is 27.7 Å². The van der Waals surface area contributed by atoms with Crippen molar-refractivity contribution < 1.29 is 9.90 Å². The van der Waals surface area contributed by atoms with Gasteiger partial charge in [-0.15, -0.1) is 0 Å². The number of rotatable bonds is 5. The highest BCUT2D eigenvalue weighted by Gasteiger charge is 2.12. The molecule has 2 rings (SSSR count). The lowest BCUT2D eigenvalue weighted by atomic mass is 10.1. The molecule has 1 amide bonds. The molecule has 1 aromatic heterocycles. The number of hydrogen-bond acceptors (Lipinski definition) is 4. The number of hydrogen-bond donors (Lipinski definition) is 3. The summed E-state index contributed by atoms with van der Waals surface area (Å²) in [5.41, 5.74) is 1.55. The normalized spacial score (nSPS) is 10.2. The minimum absolute atomic E-state index is 0.174. The van der Waals surface area contributed by atoms with Crippen molar-refractivity contribution in [2.75, 3.05) is 18.9 Å². The van der Waals surface area contributed by atoms with Crippen molar-refractivity contribution in [2.24, 2.45) is 0 Å². The van der Waals surface area contributed by atoms with Crippen LogP contribution in [0.4, 0.5) is 5.82 Å². The summed E-state index contributed by atoms with van der Waals surface area (Å²) in [5, 5.41) is 15.0. The number of anilines is 1. The van der Waals surface area contributed by atoms with E-state index in [0.29, 0.717) is 24.3 Å². The second-order valence-electron chi connectivity index (χ2n) is 4.47. The highest BCUT2D eigenvalue weighted by molar-refractivity contribution is 9.10. The van der Waals surface area contributed by atoms with Crippen molar-refractivity contribution in [3.8, 4) is 5.75 Å². The minimum Gasteiger partial charge on any atom is -0.508 e. The second kappa shape index (κ2) is 7.08. The molecule has 6 heteroatoms. The monoisotopic (exact) mass is 349 g/mol. The predicted molar refractivity (Wildman–Crippen MR) is 85.6 cm³/mol. The van der Waals surface area contributed by atoms with Crippen LogP contribution >= 0.6 is 15.9 Å². The van der Waals surface area contributed by atoms with Gasteiger partial charge in [-0.2, -0.15) is 0 Å². The summed E-state index contributed by atoms with van der Waals surface area (Å²) in [4.78, 5) is 16.3. The van der Waals surface area contributed by atoms with Crippen LogP contribution in [0.25, 0.3) is 0 Å². The van der Waals surface area contributed by atoms with Gasteiger partial charge >= 0.3 is 0 Å². The van der Waals surface area contributed by atoms with Crippen LogP contribution in [0.3, 0.4) is 0 Å². The number of nitrogens with one attached hydrogen (secondary N) is 2. The van der Waals surface area contributed by atoms with Gasteiger partial charge in [0, 0.05) is 24.3 Å². The third kappa shape index (κ3) is 4.19. The van der Waals surface area contributed by atoms with E-state index in [1.54, 1.807) is 31.4 Å². The van der Waals surface area contributed by atoms with Crippen LogP contribution in [0.1, 0.15) is 15.9 Å². The molecule has 2 aromatic rings. The maximum Gasteiger partial charge on any atom is 0.255 e. The van der Waals surface area contributed by atoms with Crippen molar-refractivity contribution in [3.05, 3.63) is 52.1 Å². The summed E-state index contributed by atoms with van der Waals surface area (Å²) in [6.45, 7) is 0.513. The summed E-state index contributed by atoms with van der Waals surface area (Å²) < 4.78 is 0.755. The van der Waals surface area contributed by atoms with E-state index in [1.807, 2.05) is 12.1 Å². The Hall–Kier alpha value is -2.08. The Morgan fingerprint density at radius 1 is 1.33 bits per heavy atom. The van der Waals surface area contributed by atoms with Crippen molar-refractivity contribution in [1.29, 1.82) is 0 Å². The Balaban J connectivity index is 1.95. The van der Waals surface area contributed by atoms with Gasteiger partial charge in [-0.3, -0.25) is 4.79 Å². The van der Waals surface area contributed by atoms with Crippen LogP contribution in [0.2, 0.25) is 0 Å². The first kappa shape index (κ1) is 15.3. The van der Waals surface area contributed by atoms with Gasteiger partial charge in [0.2, 0.25) is 0 Å². The number of aromatic nitrogens is 1. The molecule has 0 aliphatic heterocycles. The number of halogens is 1. The minimum atomic E-state index is -0.174. The molecule has 0 atom stereocenters.